The van der Waals surface area contributed by atoms with Crippen LogP contribution in [0.5, 0.6) is 0 Å². The van der Waals surface area contributed by atoms with Gasteiger partial charge in [0.05, 0.1) is 5.56 Å². The molecule has 0 radical (unpaired) electrons. The lowest BCUT2D eigenvalue weighted by Crippen LogP contribution is -2.45. The average Bonchev–Trinajstić information content (AvgIpc) is 2.31. The first-order valence-electron chi connectivity index (χ1n) is 5.58. The van der Waals surface area contributed by atoms with Crippen LogP contribution < -0.4 is 5.73 Å². The predicted molar refractivity (Wildman–Crippen MR) is 67.2 cm³/mol. The highest BCUT2D eigenvalue weighted by Gasteiger charge is 2.23. The van der Waals surface area contributed by atoms with E-state index in [0.717, 1.165) is 12.8 Å². The van der Waals surface area contributed by atoms with Crippen LogP contribution in [0.25, 0.3) is 0 Å². The number of rotatable bonds is 1. The zero-order chi connectivity index (χ0) is 12.4. The van der Waals surface area contributed by atoms with Gasteiger partial charge in [-0.25, -0.2) is 4.39 Å². The van der Waals surface area contributed by atoms with E-state index in [9.17, 15) is 9.18 Å². The average molecular weight is 301 g/mol. The molecule has 0 saturated carbocycles. The lowest BCUT2D eigenvalue weighted by molar-refractivity contribution is 0.0707. The molecule has 0 aromatic heterocycles. The largest absolute Gasteiger partial charge is 0.337 e. The second kappa shape index (κ2) is 5.14. The maximum absolute atomic E-state index is 13.1. The molecular weight excluding hydrogens is 287 g/mol. The van der Waals surface area contributed by atoms with E-state index in [4.69, 9.17) is 5.73 Å². The number of carbonyl (C=O) groups excluding carboxylic acids is 1. The fraction of sp³-hybridized carbons (Fsp3) is 0.417. The Morgan fingerprint density at radius 2 is 2.29 bits per heavy atom. The second-order valence-corrected chi connectivity index (χ2v) is 5.13. The topological polar surface area (TPSA) is 46.3 Å². The number of benzene rings is 1. The molecule has 1 amide bonds. The van der Waals surface area contributed by atoms with E-state index in [-0.39, 0.29) is 11.9 Å². The Kier molecular flexibility index (Phi) is 3.79. The zero-order valence-electron chi connectivity index (χ0n) is 9.33. The summed E-state index contributed by atoms with van der Waals surface area (Å²) in [5.74, 6) is -0.565. The maximum atomic E-state index is 13.1. The molecule has 0 aliphatic carbocycles. The van der Waals surface area contributed by atoms with Crippen LogP contribution >= 0.6 is 15.9 Å². The van der Waals surface area contributed by atoms with Gasteiger partial charge in [0.15, 0.2) is 0 Å². The van der Waals surface area contributed by atoms with Crippen molar-refractivity contribution in [1.82, 2.24) is 4.90 Å². The lowest BCUT2D eigenvalue weighted by atomic mass is 10.1. The molecule has 92 valence electrons. The summed E-state index contributed by atoms with van der Waals surface area (Å²) >= 11 is 3.27. The Labute approximate surface area is 108 Å². The van der Waals surface area contributed by atoms with Gasteiger partial charge in [0, 0.05) is 23.6 Å². The monoisotopic (exact) mass is 300 g/mol. The molecule has 1 heterocycles. The molecule has 3 nitrogen and oxygen atoms in total. The first-order chi connectivity index (χ1) is 8.08. The summed E-state index contributed by atoms with van der Waals surface area (Å²) in [6.45, 7) is 1.23. The minimum Gasteiger partial charge on any atom is -0.337 e. The van der Waals surface area contributed by atoms with E-state index in [1.54, 1.807) is 11.0 Å². The maximum Gasteiger partial charge on any atom is 0.255 e. The molecule has 1 aromatic rings. The third-order valence-electron chi connectivity index (χ3n) is 2.90. The summed E-state index contributed by atoms with van der Waals surface area (Å²) in [5.41, 5.74) is 6.19. The quantitative estimate of drug-likeness (QED) is 0.864. The number of nitrogens with two attached hydrogens (primary N) is 1. The molecule has 1 aliphatic heterocycles. The van der Waals surface area contributed by atoms with Gasteiger partial charge < -0.3 is 10.6 Å². The number of halogens is 2. The van der Waals surface area contributed by atoms with Crippen LogP contribution in [0.1, 0.15) is 23.2 Å². The molecule has 5 heteroatoms. The fourth-order valence-corrected chi connectivity index (χ4v) is 2.44. The van der Waals surface area contributed by atoms with Gasteiger partial charge in [-0.05, 0) is 47.0 Å². The van der Waals surface area contributed by atoms with Crippen LogP contribution in [0.2, 0.25) is 0 Å². The first kappa shape index (κ1) is 12.5. The Balaban J connectivity index is 2.21. The zero-order valence-corrected chi connectivity index (χ0v) is 10.9. The Morgan fingerprint density at radius 1 is 1.53 bits per heavy atom. The highest BCUT2D eigenvalue weighted by Crippen LogP contribution is 2.21. The minimum absolute atomic E-state index is 0.0278. The third kappa shape index (κ3) is 2.84. The van der Waals surface area contributed by atoms with Crippen molar-refractivity contribution in [2.24, 2.45) is 5.73 Å². The number of hydrogen-bond acceptors (Lipinski definition) is 2. The third-order valence-corrected chi connectivity index (χ3v) is 3.60. The molecule has 2 N–H and O–H groups in total. The normalized spacial score (nSPS) is 20.4. The lowest BCUT2D eigenvalue weighted by Gasteiger charge is -2.31. The van der Waals surface area contributed by atoms with Gasteiger partial charge in [0.2, 0.25) is 0 Å². The molecule has 1 atom stereocenters. The van der Waals surface area contributed by atoms with E-state index in [1.807, 2.05) is 0 Å². The van der Waals surface area contributed by atoms with E-state index in [1.165, 1.54) is 12.1 Å². The van der Waals surface area contributed by atoms with Gasteiger partial charge in [-0.1, -0.05) is 0 Å². The number of likely N-dealkylation sites (tertiary alicyclic amines) is 1. The SMILES string of the molecule is N[C@@H]1CCCN(C(=O)c2cc(F)ccc2Br)C1. The molecule has 0 spiro atoms. The van der Waals surface area contributed by atoms with Gasteiger partial charge in [-0.3, -0.25) is 4.79 Å². The summed E-state index contributed by atoms with van der Waals surface area (Å²) in [6.07, 6.45) is 1.84. The number of carbonyl (C=O) groups is 1. The number of hydrogen-bond donors (Lipinski definition) is 1. The molecule has 1 fully saturated rings. The van der Waals surface area contributed by atoms with Gasteiger partial charge in [0.25, 0.3) is 5.91 Å². The summed E-state index contributed by atoms with van der Waals surface area (Å²) in [5, 5.41) is 0. The van der Waals surface area contributed by atoms with Crippen molar-refractivity contribution in [3.8, 4) is 0 Å². The van der Waals surface area contributed by atoms with Crippen LogP contribution in [0.15, 0.2) is 22.7 Å². The van der Waals surface area contributed by atoms with Crippen LogP contribution in [0, 0.1) is 5.82 Å². The van der Waals surface area contributed by atoms with Crippen LogP contribution in [-0.4, -0.2) is 29.9 Å². The van der Waals surface area contributed by atoms with E-state index >= 15 is 0 Å². The Morgan fingerprint density at radius 3 is 3.00 bits per heavy atom. The Hall–Kier alpha value is -0.940. The van der Waals surface area contributed by atoms with Crippen LogP contribution in [0.4, 0.5) is 4.39 Å². The van der Waals surface area contributed by atoms with Gasteiger partial charge in [-0.2, -0.15) is 0 Å². The number of nitrogens with zero attached hydrogens (tertiary/aromatic N) is 1. The molecule has 1 aliphatic rings. The fourth-order valence-electron chi connectivity index (χ4n) is 2.03. The van der Waals surface area contributed by atoms with Gasteiger partial charge >= 0.3 is 0 Å². The second-order valence-electron chi connectivity index (χ2n) is 4.28. The smallest absolute Gasteiger partial charge is 0.255 e. The number of piperidine rings is 1. The standard InChI is InChI=1S/C12H14BrFN2O/c13-11-4-3-8(14)6-10(11)12(17)16-5-1-2-9(15)7-16/h3-4,6,9H,1-2,5,7,15H2/t9-/m1/s1. The molecular formula is C12H14BrFN2O. The summed E-state index contributed by atoms with van der Waals surface area (Å²) in [4.78, 5) is 13.9. The van der Waals surface area contributed by atoms with Crippen molar-refractivity contribution in [2.45, 2.75) is 18.9 Å². The summed E-state index contributed by atoms with van der Waals surface area (Å²) in [7, 11) is 0. The number of amides is 1. The predicted octanol–water partition coefficient (Wildman–Crippen LogP) is 2.15. The highest BCUT2D eigenvalue weighted by atomic mass is 79.9. The van der Waals surface area contributed by atoms with Crippen molar-refractivity contribution in [1.29, 1.82) is 0 Å². The molecule has 0 bridgehead atoms. The Bertz CT molecular complexity index is 439. The van der Waals surface area contributed by atoms with Crippen molar-refractivity contribution in [3.05, 3.63) is 34.1 Å². The summed E-state index contributed by atoms with van der Waals surface area (Å²) in [6, 6.07) is 4.15. The van der Waals surface area contributed by atoms with Gasteiger partial charge in [0.1, 0.15) is 5.82 Å². The van der Waals surface area contributed by atoms with E-state index in [0.29, 0.717) is 23.1 Å². The van der Waals surface area contributed by atoms with E-state index < -0.39 is 5.82 Å². The van der Waals surface area contributed by atoms with Crippen molar-refractivity contribution < 1.29 is 9.18 Å². The van der Waals surface area contributed by atoms with Crippen molar-refractivity contribution in [3.63, 3.8) is 0 Å². The summed E-state index contributed by atoms with van der Waals surface area (Å²) < 4.78 is 13.7. The minimum atomic E-state index is -0.405. The molecule has 0 unspecified atom stereocenters. The first-order valence-corrected chi connectivity index (χ1v) is 6.37. The molecule has 1 saturated heterocycles. The van der Waals surface area contributed by atoms with Crippen molar-refractivity contribution in [2.75, 3.05) is 13.1 Å². The van der Waals surface area contributed by atoms with Gasteiger partial charge in [-0.15, -0.1) is 0 Å². The van der Waals surface area contributed by atoms with Crippen molar-refractivity contribution >= 4 is 21.8 Å². The highest BCUT2D eigenvalue weighted by molar-refractivity contribution is 9.10. The molecule has 1 aromatic carbocycles. The van der Waals surface area contributed by atoms with Crippen LogP contribution in [-0.2, 0) is 0 Å². The van der Waals surface area contributed by atoms with E-state index in [2.05, 4.69) is 15.9 Å². The molecule has 2 rings (SSSR count). The van der Waals surface area contributed by atoms with Crippen LogP contribution in [0.3, 0.4) is 0 Å². The molecule has 17 heavy (non-hydrogen) atoms.